The van der Waals surface area contributed by atoms with E-state index >= 15 is 0 Å². The number of esters is 2. The SMILES string of the molecule is CCCCCCCC/C=C/CCCCCCCC(=O)OCC(CN)OC(=O)CCCCCCC/C=C/CCCCCCCC. The van der Waals surface area contributed by atoms with Crippen LogP contribution in [0.3, 0.4) is 0 Å². The fraction of sp³-hybridized carbons (Fsp3) is 0.846. The van der Waals surface area contributed by atoms with E-state index in [1.54, 1.807) is 0 Å². The van der Waals surface area contributed by atoms with Crippen molar-refractivity contribution in [3.8, 4) is 0 Å². The van der Waals surface area contributed by atoms with E-state index in [0.29, 0.717) is 12.8 Å². The average molecular weight is 620 g/mol. The molecule has 44 heavy (non-hydrogen) atoms. The number of allylic oxidation sites excluding steroid dienone is 4. The molecule has 0 fully saturated rings. The molecule has 0 bridgehead atoms. The van der Waals surface area contributed by atoms with Gasteiger partial charge in [0.15, 0.2) is 0 Å². The maximum absolute atomic E-state index is 12.2. The van der Waals surface area contributed by atoms with Gasteiger partial charge in [0, 0.05) is 19.4 Å². The zero-order valence-electron chi connectivity index (χ0n) is 29.3. The number of unbranched alkanes of at least 4 members (excludes halogenated alkanes) is 22. The largest absolute Gasteiger partial charge is 0.462 e. The molecule has 0 aliphatic heterocycles. The highest BCUT2D eigenvalue weighted by molar-refractivity contribution is 5.70. The van der Waals surface area contributed by atoms with Crippen LogP contribution in [0.5, 0.6) is 0 Å². The number of carbonyl (C=O) groups is 2. The molecular formula is C39H73NO4. The quantitative estimate of drug-likeness (QED) is 0.0440. The number of hydrogen-bond acceptors (Lipinski definition) is 5. The number of ether oxygens (including phenoxy) is 2. The topological polar surface area (TPSA) is 78.6 Å². The van der Waals surface area contributed by atoms with E-state index in [9.17, 15) is 9.59 Å². The molecule has 5 nitrogen and oxygen atoms in total. The minimum Gasteiger partial charge on any atom is -0.462 e. The van der Waals surface area contributed by atoms with Gasteiger partial charge in [0.05, 0.1) is 0 Å². The Bertz CT molecular complexity index is 675. The Kier molecular flexibility index (Phi) is 34.5. The molecule has 0 aromatic rings. The highest BCUT2D eigenvalue weighted by Gasteiger charge is 2.15. The molecule has 0 saturated heterocycles. The highest BCUT2D eigenvalue weighted by atomic mass is 16.6. The number of carbonyl (C=O) groups excluding carboxylic acids is 2. The molecule has 2 N–H and O–H groups in total. The minimum atomic E-state index is -0.552. The van der Waals surface area contributed by atoms with Crippen molar-refractivity contribution in [1.29, 1.82) is 0 Å². The van der Waals surface area contributed by atoms with E-state index in [2.05, 4.69) is 38.2 Å². The van der Waals surface area contributed by atoms with Crippen LogP contribution in [0, 0.1) is 0 Å². The van der Waals surface area contributed by atoms with E-state index in [4.69, 9.17) is 15.2 Å². The number of nitrogens with two attached hydrogens (primary N) is 1. The molecule has 1 atom stereocenters. The van der Waals surface area contributed by atoms with Gasteiger partial charge in [-0.2, -0.15) is 0 Å². The standard InChI is InChI=1S/C39H73NO4/c1-3-5-7-9-11-13-15-17-19-21-23-25-27-29-31-33-38(41)43-36-37(35-40)44-39(42)34-32-30-28-26-24-22-20-18-16-14-12-10-8-6-4-2/h17-20,37H,3-16,21-36,40H2,1-2H3/b19-17+,20-18+. The second kappa shape index (κ2) is 35.9. The summed E-state index contributed by atoms with van der Waals surface area (Å²) in [4.78, 5) is 24.3. The van der Waals surface area contributed by atoms with Crippen LogP contribution in [0.1, 0.15) is 194 Å². The van der Waals surface area contributed by atoms with Crippen LogP contribution in [-0.4, -0.2) is 31.2 Å². The Labute approximate surface area is 273 Å². The maximum Gasteiger partial charge on any atom is 0.306 e. The summed E-state index contributed by atoms with van der Waals surface area (Å²) in [5.74, 6) is -0.472. The molecule has 0 amide bonds. The van der Waals surface area contributed by atoms with Gasteiger partial charge in [-0.25, -0.2) is 0 Å². The first-order valence-electron chi connectivity index (χ1n) is 19.0. The first-order chi connectivity index (χ1) is 21.6. The van der Waals surface area contributed by atoms with E-state index in [0.717, 1.165) is 51.4 Å². The molecular weight excluding hydrogens is 546 g/mol. The molecule has 0 aliphatic rings. The van der Waals surface area contributed by atoms with Gasteiger partial charge in [-0.05, 0) is 64.2 Å². The Morgan fingerprint density at radius 2 is 0.841 bits per heavy atom. The summed E-state index contributed by atoms with van der Waals surface area (Å²) in [7, 11) is 0. The van der Waals surface area contributed by atoms with Crippen LogP contribution < -0.4 is 5.73 Å². The first-order valence-corrected chi connectivity index (χ1v) is 19.0. The normalized spacial score (nSPS) is 12.3. The summed E-state index contributed by atoms with van der Waals surface area (Å²) in [5, 5.41) is 0. The summed E-state index contributed by atoms with van der Waals surface area (Å²) < 4.78 is 10.8. The Balaban J connectivity index is 3.58. The fourth-order valence-corrected chi connectivity index (χ4v) is 5.33. The first kappa shape index (κ1) is 42.4. The van der Waals surface area contributed by atoms with Crippen LogP contribution in [0.4, 0.5) is 0 Å². The lowest BCUT2D eigenvalue weighted by atomic mass is 10.1. The summed E-state index contributed by atoms with van der Waals surface area (Å²) in [6.45, 7) is 4.74. The zero-order valence-corrected chi connectivity index (χ0v) is 29.3. The van der Waals surface area contributed by atoms with Crippen molar-refractivity contribution in [2.45, 2.75) is 200 Å². The van der Waals surface area contributed by atoms with Gasteiger partial charge in [0.2, 0.25) is 0 Å². The summed E-state index contributed by atoms with van der Waals surface area (Å²) in [5.41, 5.74) is 5.75. The summed E-state index contributed by atoms with van der Waals surface area (Å²) in [6, 6.07) is 0. The Morgan fingerprint density at radius 3 is 1.23 bits per heavy atom. The maximum atomic E-state index is 12.2. The monoisotopic (exact) mass is 620 g/mol. The van der Waals surface area contributed by atoms with Crippen LogP contribution in [0.2, 0.25) is 0 Å². The minimum absolute atomic E-state index is 0.0541. The molecule has 0 heterocycles. The molecule has 258 valence electrons. The van der Waals surface area contributed by atoms with Gasteiger partial charge >= 0.3 is 11.9 Å². The molecule has 0 aromatic carbocycles. The van der Waals surface area contributed by atoms with Gasteiger partial charge in [0.25, 0.3) is 0 Å². The summed E-state index contributed by atoms with van der Waals surface area (Å²) >= 11 is 0. The molecule has 0 spiro atoms. The van der Waals surface area contributed by atoms with Crippen LogP contribution in [-0.2, 0) is 19.1 Å². The van der Waals surface area contributed by atoms with Crippen LogP contribution >= 0.6 is 0 Å². The van der Waals surface area contributed by atoms with E-state index in [1.165, 1.54) is 116 Å². The Hall–Kier alpha value is -1.62. The lowest BCUT2D eigenvalue weighted by molar-refractivity contribution is -0.158. The number of rotatable bonds is 34. The van der Waals surface area contributed by atoms with Crippen molar-refractivity contribution in [2.75, 3.05) is 13.2 Å². The van der Waals surface area contributed by atoms with Crippen molar-refractivity contribution >= 4 is 11.9 Å². The van der Waals surface area contributed by atoms with Crippen LogP contribution in [0.15, 0.2) is 24.3 Å². The van der Waals surface area contributed by atoms with Gasteiger partial charge in [-0.3, -0.25) is 9.59 Å². The van der Waals surface area contributed by atoms with E-state index < -0.39 is 6.10 Å². The van der Waals surface area contributed by atoms with E-state index in [1.807, 2.05) is 0 Å². The third kappa shape index (κ3) is 33.3. The Morgan fingerprint density at radius 1 is 0.500 bits per heavy atom. The second-order valence-corrected chi connectivity index (χ2v) is 12.7. The lowest BCUT2D eigenvalue weighted by Crippen LogP contribution is -2.32. The van der Waals surface area contributed by atoms with Crippen molar-refractivity contribution in [3.63, 3.8) is 0 Å². The second-order valence-electron chi connectivity index (χ2n) is 12.7. The third-order valence-corrected chi connectivity index (χ3v) is 8.28. The fourth-order valence-electron chi connectivity index (χ4n) is 5.33. The molecule has 0 saturated carbocycles. The zero-order chi connectivity index (χ0) is 32.2. The van der Waals surface area contributed by atoms with Crippen molar-refractivity contribution in [2.24, 2.45) is 5.73 Å². The molecule has 1 unspecified atom stereocenters. The van der Waals surface area contributed by atoms with Crippen molar-refractivity contribution < 1.29 is 19.1 Å². The smallest absolute Gasteiger partial charge is 0.306 e. The summed E-state index contributed by atoms with van der Waals surface area (Å²) in [6.07, 6.45) is 41.6. The van der Waals surface area contributed by atoms with Crippen molar-refractivity contribution in [3.05, 3.63) is 24.3 Å². The van der Waals surface area contributed by atoms with Gasteiger partial charge < -0.3 is 15.2 Å². The third-order valence-electron chi connectivity index (χ3n) is 8.28. The van der Waals surface area contributed by atoms with E-state index in [-0.39, 0.29) is 25.1 Å². The lowest BCUT2D eigenvalue weighted by Gasteiger charge is -2.16. The predicted octanol–water partition coefficient (Wildman–Crippen LogP) is 11.5. The molecule has 0 rings (SSSR count). The van der Waals surface area contributed by atoms with Gasteiger partial charge in [-0.1, -0.05) is 141 Å². The molecule has 5 heteroatoms. The van der Waals surface area contributed by atoms with Crippen LogP contribution in [0.25, 0.3) is 0 Å². The molecule has 0 aromatic heterocycles. The highest BCUT2D eigenvalue weighted by Crippen LogP contribution is 2.12. The van der Waals surface area contributed by atoms with Gasteiger partial charge in [-0.15, -0.1) is 0 Å². The van der Waals surface area contributed by atoms with Crippen molar-refractivity contribution in [1.82, 2.24) is 0 Å². The molecule has 0 aliphatic carbocycles. The predicted molar refractivity (Wildman–Crippen MR) is 189 cm³/mol. The average Bonchev–Trinajstić information content (AvgIpc) is 3.02. The number of hydrogen-bond donors (Lipinski definition) is 1. The molecule has 0 radical (unpaired) electrons. The van der Waals surface area contributed by atoms with Gasteiger partial charge in [0.1, 0.15) is 12.7 Å².